The SMILES string of the molecule is CC(=Nc1ccccc1C(=O)[OH2+])c1c([OH2+])ccc2c(C)cc(=O)oc12.[Cu+2]. The van der Waals surface area contributed by atoms with E-state index in [0.29, 0.717) is 22.5 Å². The number of rotatable bonds is 3. The summed E-state index contributed by atoms with van der Waals surface area (Å²) in [5.41, 5.74) is 1.89. The summed E-state index contributed by atoms with van der Waals surface area (Å²) in [6, 6.07) is 11.3. The van der Waals surface area contributed by atoms with Crippen molar-refractivity contribution in [3.63, 3.8) is 0 Å². The molecule has 2 aromatic carbocycles. The first-order valence-electron chi connectivity index (χ1n) is 7.58. The van der Waals surface area contributed by atoms with E-state index in [-0.39, 0.29) is 28.4 Å². The second kappa shape index (κ2) is 7.56. The van der Waals surface area contributed by atoms with Crippen LogP contribution in [-0.4, -0.2) is 21.9 Å². The minimum atomic E-state index is -0.835. The molecule has 0 fully saturated rings. The normalized spacial score (nSPS) is 11.2. The van der Waals surface area contributed by atoms with Gasteiger partial charge in [-0.25, -0.2) is 4.79 Å². The first kappa shape index (κ1) is 19.4. The van der Waals surface area contributed by atoms with Gasteiger partial charge in [0, 0.05) is 22.3 Å². The van der Waals surface area contributed by atoms with Gasteiger partial charge in [-0.3, -0.25) is 4.99 Å². The van der Waals surface area contributed by atoms with Gasteiger partial charge in [-0.15, -0.1) is 0 Å². The summed E-state index contributed by atoms with van der Waals surface area (Å²) in [5.74, 6) is -0.671. The van der Waals surface area contributed by atoms with Gasteiger partial charge in [0.1, 0.15) is 11.1 Å². The molecule has 3 rings (SSSR count). The summed E-state index contributed by atoms with van der Waals surface area (Å²) in [4.78, 5) is 27.6. The molecule has 0 spiro atoms. The molecule has 1 heterocycles. The van der Waals surface area contributed by atoms with Crippen LogP contribution in [0.4, 0.5) is 5.69 Å². The molecule has 0 aliphatic rings. The molecule has 135 valence electrons. The molecule has 0 atom stereocenters. The van der Waals surface area contributed by atoms with Crippen LogP contribution in [0.1, 0.15) is 28.4 Å². The van der Waals surface area contributed by atoms with E-state index < -0.39 is 11.6 Å². The van der Waals surface area contributed by atoms with E-state index in [1.165, 1.54) is 12.1 Å². The molecule has 0 saturated carbocycles. The Balaban J connectivity index is 0.00000243. The van der Waals surface area contributed by atoms with E-state index >= 15 is 0 Å². The van der Waals surface area contributed by atoms with Gasteiger partial charge in [-0.1, -0.05) is 12.1 Å². The largest absolute Gasteiger partial charge is 2.00 e. The molecule has 1 aromatic heterocycles. The number of hydrogen-bond donors (Lipinski definition) is 0. The number of carbonyl (C=O) groups excluding carboxylic acids is 1. The topological polar surface area (TPSA) is 105 Å². The Morgan fingerprint density at radius 3 is 2.54 bits per heavy atom. The number of fused-ring (bicyclic) bond motifs is 1. The zero-order chi connectivity index (χ0) is 18.1. The maximum absolute atomic E-state index is 11.8. The number of carbonyl (C=O) groups is 1. The molecule has 0 amide bonds. The molecule has 0 aliphatic heterocycles. The maximum atomic E-state index is 11.8. The summed E-state index contributed by atoms with van der Waals surface area (Å²) in [5, 5.41) is 16.2. The number of hydrogen-bond acceptors (Lipinski definition) is 4. The second-order valence-corrected chi connectivity index (χ2v) is 5.66. The number of benzene rings is 2. The van der Waals surface area contributed by atoms with Crippen LogP contribution in [0.25, 0.3) is 11.0 Å². The predicted octanol–water partition coefficient (Wildman–Crippen LogP) is 2.54. The van der Waals surface area contributed by atoms with Crippen molar-refractivity contribution in [2.45, 2.75) is 13.8 Å². The zero-order valence-electron chi connectivity index (χ0n) is 14.0. The zero-order valence-corrected chi connectivity index (χ0v) is 15.0. The molecule has 6 nitrogen and oxygen atoms in total. The van der Waals surface area contributed by atoms with E-state index in [4.69, 9.17) is 14.6 Å². The molecular formula is C19H17CuNO5+4. The third-order valence-electron chi connectivity index (χ3n) is 3.92. The van der Waals surface area contributed by atoms with Crippen molar-refractivity contribution < 1.29 is 36.5 Å². The van der Waals surface area contributed by atoms with Crippen molar-refractivity contribution >= 4 is 28.3 Å². The van der Waals surface area contributed by atoms with Gasteiger partial charge in [0.2, 0.25) is 0 Å². The molecule has 3 aromatic rings. The second-order valence-electron chi connectivity index (χ2n) is 5.66. The standard InChI is InChI=1S/C19H15NO5.Cu/c1-10-9-16(22)25-18-12(10)7-8-15(21)17(18)11(2)20-14-6-4-3-5-13(14)19(23)24;/h3-9,21H,1-2H3,(H,23,24);/q;+2/p+2. The van der Waals surface area contributed by atoms with Gasteiger partial charge < -0.3 is 14.6 Å². The Kier molecular flexibility index (Phi) is 5.65. The Morgan fingerprint density at radius 2 is 1.85 bits per heavy atom. The van der Waals surface area contributed by atoms with E-state index in [1.807, 2.05) is 0 Å². The van der Waals surface area contributed by atoms with E-state index in [1.54, 1.807) is 44.2 Å². The van der Waals surface area contributed by atoms with Crippen molar-refractivity contribution in [2.24, 2.45) is 4.99 Å². The molecule has 0 unspecified atom stereocenters. The molecule has 7 heteroatoms. The van der Waals surface area contributed by atoms with Crippen molar-refractivity contribution in [3.05, 3.63) is 69.6 Å². The van der Waals surface area contributed by atoms with Gasteiger partial charge in [0.05, 0.1) is 11.4 Å². The number of aryl methyl sites for hydroxylation is 1. The fourth-order valence-corrected chi connectivity index (χ4v) is 2.74. The van der Waals surface area contributed by atoms with Crippen LogP contribution in [0.2, 0.25) is 0 Å². The Morgan fingerprint density at radius 1 is 1.15 bits per heavy atom. The number of para-hydroxylation sites is 1. The maximum Gasteiger partial charge on any atom is 2.00 e. The van der Waals surface area contributed by atoms with Crippen LogP contribution >= 0.6 is 0 Å². The summed E-state index contributed by atoms with van der Waals surface area (Å²) >= 11 is 0. The summed E-state index contributed by atoms with van der Waals surface area (Å²) in [6.07, 6.45) is 0. The van der Waals surface area contributed by atoms with E-state index in [2.05, 4.69) is 4.99 Å². The van der Waals surface area contributed by atoms with Gasteiger partial charge >= 0.3 is 28.7 Å². The molecule has 4 N–H and O–H groups in total. The summed E-state index contributed by atoms with van der Waals surface area (Å²) in [7, 11) is 0. The predicted molar refractivity (Wildman–Crippen MR) is 96.5 cm³/mol. The Hall–Kier alpha value is -2.89. The molecule has 0 saturated heterocycles. The van der Waals surface area contributed by atoms with Crippen LogP contribution in [0.5, 0.6) is 5.75 Å². The van der Waals surface area contributed by atoms with Crippen LogP contribution in [-0.2, 0) is 17.1 Å². The van der Waals surface area contributed by atoms with Crippen molar-refractivity contribution in [1.29, 1.82) is 0 Å². The average Bonchev–Trinajstić information content (AvgIpc) is 2.54. The van der Waals surface area contributed by atoms with Gasteiger partial charge in [0.25, 0.3) is 5.75 Å². The first-order valence-corrected chi connectivity index (χ1v) is 7.58. The van der Waals surface area contributed by atoms with E-state index in [0.717, 1.165) is 10.9 Å². The third-order valence-corrected chi connectivity index (χ3v) is 3.92. The Bertz CT molecular complexity index is 1080. The molecule has 0 bridgehead atoms. The minimum absolute atomic E-state index is 0. The fourth-order valence-electron chi connectivity index (χ4n) is 2.74. The average molecular weight is 403 g/mol. The van der Waals surface area contributed by atoms with Crippen LogP contribution in [0.3, 0.4) is 0 Å². The van der Waals surface area contributed by atoms with Crippen LogP contribution in [0.15, 0.2) is 56.7 Å². The fraction of sp³-hybridized carbons (Fsp3) is 0.105. The number of aliphatic imine (C=N–C) groups is 1. The molecular weight excluding hydrogens is 386 g/mol. The molecule has 1 radical (unpaired) electrons. The quantitative estimate of drug-likeness (QED) is 0.291. The summed E-state index contributed by atoms with van der Waals surface area (Å²) in [6.45, 7) is 3.48. The van der Waals surface area contributed by atoms with Gasteiger partial charge in [0.15, 0.2) is 5.58 Å². The van der Waals surface area contributed by atoms with Crippen LogP contribution in [0, 0.1) is 6.92 Å². The molecule has 0 aliphatic carbocycles. The minimum Gasteiger partial charge on any atom is -0.593 e. The van der Waals surface area contributed by atoms with Crippen molar-refractivity contribution in [2.75, 3.05) is 0 Å². The van der Waals surface area contributed by atoms with E-state index in [9.17, 15) is 9.59 Å². The number of nitrogens with zero attached hydrogens (tertiary/aromatic N) is 1. The first-order chi connectivity index (χ1) is 11.9. The van der Waals surface area contributed by atoms with Crippen molar-refractivity contribution in [1.82, 2.24) is 0 Å². The van der Waals surface area contributed by atoms with Gasteiger partial charge in [-0.2, -0.15) is 0 Å². The smallest absolute Gasteiger partial charge is 0.593 e. The van der Waals surface area contributed by atoms with Crippen molar-refractivity contribution in [3.8, 4) is 5.75 Å². The van der Waals surface area contributed by atoms with Gasteiger partial charge in [-0.05, 0) is 37.6 Å². The molecule has 26 heavy (non-hydrogen) atoms. The van der Waals surface area contributed by atoms with Crippen LogP contribution < -0.4 is 5.63 Å². The summed E-state index contributed by atoms with van der Waals surface area (Å²) < 4.78 is 5.33. The Labute approximate surface area is 159 Å². The third kappa shape index (κ3) is 3.54. The monoisotopic (exact) mass is 402 g/mol.